The monoisotopic (exact) mass is 217 g/mol. The summed E-state index contributed by atoms with van der Waals surface area (Å²) >= 11 is 0. The normalized spacial score (nSPS) is 30.2. The zero-order chi connectivity index (χ0) is 11.3. The summed E-state index contributed by atoms with van der Waals surface area (Å²) in [6.45, 7) is 8.56. The van der Waals surface area contributed by atoms with Gasteiger partial charge in [-0.3, -0.25) is 4.90 Å². The molecule has 2 rings (SSSR count). The van der Waals surface area contributed by atoms with E-state index in [1.165, 1.54) is 0 Å². The van der Waals surface area contributed by atoms with Crippen LogP contribution in [0.5, 0.6) is 0 Å². The van der Waals surface area contributed by atoms with Crippen molar-refractivity contribution in [2.24, 2.45) is 5.41 Å². The summed E-state index contributed by atoms with van der Waals surface area (Å²) in [5.41, 5.74) is 0.180. The minimum Gasteiger partial charge on any atom is -0.298 e. The highest BCUT2D eigenvalue weighted by Crippen LogP contribution is 2.57. The van der Waals surface area contributed by atoms with Gasteiger partial charge in [-0.25, -0.2) is 8.78 Å². The second-order valence-corrected chi connectivity index (χ2v) is 6.37. The van der Waals surface area contributed by atoms with Crippen LogP contribution in [0.3, 0.4) is 0 Å². The third-order valence-corrected chi connectivity index (χ3v) is 4.04. The van der Waals surface area contributed by atoms with Crippen molar-refractivity contribution in [3.63, 3.8) is 0 Å². The predicted octanol–water partition coefficient (Wildman–Crippen LogP) is 3.30. The van der Waals surface area contributed by atoms with Crippen LogP contribution in [-0.4, -0.2) is 29.5 Å². The van der Waals surface area contributed by atoms with E-state index in [9.17, 15) is 8.78 Å². The average Bonchev–Trinajstić information content (AvgIpc) is 1.99. The maximum Gasteiger partial charge on any atom is 0.249 e. The number of likely N-dealkylation sites (tertiary alicyclic amines) is 1. The van der Waals surface area contributed by atoms with Crippen molar-refractivity contribution in [1.29, 1.82) is 0 Å². The van der Waals surface area contributed by atoms with E-state index in [0.717, 1.165) is 25.9 Å². The minimum absolute atomic E-state index is 0.00868. The van der Waals surface area contributed by atoms with Crippen LogP contribution >= 0.6 is 0 Å². The number of rotatable bonds is 0. The molecule has 1 nitrogen and oxygen atoms in total. The van der Waals surface area contributed by atoms with E-state index in [1.807, 2.05) is 0 Å². The Hall–Kier alpha value is -0.180. The number of hydrogen-bond donors (Lipinski definition) is 0. The molecule has 1 aliphatic heterocycles. The first-order chi connectivity index (χ1) is 6.73. The van der Waals surface area contributed by atoms with E-state index in [2.05, 4.69) is 25.7 Å². The Kier molecular flexibility index (Phi) is 2.38. The molecule has 0 bridgehead atoms. The van der Waals surface area contributed by atoms with Gasteiger partial charge in [0.15, 0.2) is 0 Å². The van der Waals surface area contributed by atoms with Crippen molar-refractivity contribution in [3.8, 4) is 0 Å². The Morgan fingerprint density at radius 1 is 1.00 bits per heavy atom. The van der Waals surface area contributed by atoms with E-state index in [4.69, 9.17) is 0 Å². The maximum absolute atomic E-state index is 12.9. The molecule has 1 aliphatic carbocycles. The molecular weight excluding hydrogens is 196 g/mol. The van der Waals surface area contributed by atoms with Gasteiger partial charge >= 0.3 is 0 Å². The van der Waals surface area contributed by atoms with Crippen molar-refractivity contribution in [2.75, 3.05) is 13.1 Å². The first-order valence-corrected chi connectivity index (χ1v) is 5.86. The highest BCUT2D eigenvalue weighted by molar-refractivity contribution is 5.02. The largest absolute Gasteiger partial charge is 0.298 e. The summed E-state index contributed by atoms with van der Waals surface area (Å²) in [7, 11) is 0. The number of alkyl halides is 2. The lowest BCUT2D eigenvalue weighted by Gasteiger charge is -2.53. The third kappa shape index (κ3) is 2.17. The molecule has 2 aliphatic rings. The van der Waals surface area contributed by atoms with Gasteiger partial charge in [-0.05, 0) is 52.1 Å². The molecule has 0 aromatic heterocycles. The van der Waals surface area contributed by atoms with Gasteiger partial charge in [-0.15, -0.1) is 0 Å². The van der Waals surface area contributed by atoms with Crippen LogP contribution in [-0.2, 0) is 0 Å². The van der Waals surface area contributed by atoms with E-state index < -0.39 is 5.92 Å². The zero-order valence-electron chi connectivity index (χ0n) is 9.95. The second-order valence-electron chi connectivity index (χ2n) is 6.37. The smallest absolute Gasteiger partial charge is 0.249 e. The number of hydrogen-bond acceptors (Lipinski definition) is 1. The van der Waals surface area contributed by atoms with Crippen LogP contribution < -0.4 is 0 Å². The Morgan fingerprint density at radius 3 is 1.80 bits per heavy atom. The molecule has 0 N–H and O–H groups in total. The number of nitrogens with zero attached hydrogens (tertiary/aromatic N) is 1. The quantitative estimate of drug-likeness (QED) is 0.602. The molecule has 1 saturated carbocycles. The van der Waals surface area contributed by atoms with Crippen molar-refractivity contribution in [1.82, 2.24) is 4.90 Å². The molecule has 1 spiro atoms. The Balaban J connectivity index is 1.89. The van der Waals surface area contributed by atoms with Crippen molar-refractivity contribution in [2.45, 2.75) is 57.9 Å². The van der Waals surface area contributed by atoms with E-state index in [-0.39, 0.29) is 23.8 Å². The fourth-order valence-electron chi connectivity index (χ4n) is 3.05. The lowest BCUT2D eigenvalue weighted by Crippen LogP contribution is -2.55. The third-order valence-electron chi connectivity index (χ3n) is 4.04. The molecule has 88 valence electrons. The Labute approximate surface area is 90.8 Å². The van der Waals surface area contributed by atoms with Gasteiger partial charge in [0.1, 0.15) is 0 Å². The molecule has 0 atom stereocenters. The fourth-order valence-corrected chi connectivity index (χ4v) is 3.05. The van der Waals surface area contributed by atoms with Gasteiger partial charge in [0.25, 0.3) is 0 Å². The molecule has 0 amide bonds. The first-order valence-electron chi connectivity index (χ1n) is 5.86. The van der Waals surface area contributed by atoms with Crippen LogP contribution in [0.25, 0.3) is 0 Å². The minimum atomic E-state index is -2.36. The van der Waals surface area contributed by atoms with Gasteiger partial charge in [-0.1, -0.05) is 0 Å². The molecule has 3 heteroatoms. The summed E-state index contributed by atoms with van der Waals surface area (Å²) in [5, 5.41) is 0. The van der Waals surface area contributed by atoms with Crippen LogP contribution in [0.4, 0.5) is 8.78 Å². The van der Waals surface area contributed by atoms with Crippen molar-refractivity contribution in [3.05, 3.63) is 0 Å². The topological polar surface area (TPSA) is 3.24 Å². The van der Waals surface area contributed by atoms with Crippen LogP contribution in [0.1, 0.15) is 46.5 Å². The summed E-state index contributed by atoms with van der Waals surface area (Å²) in [6, 6.07) is 0. The summed E-state index contributed by atoms with van der Waals surface area (Å²) < 4.78 is 25.8. The molecule has 15 heavy (non-hydrogen) atoms. The standard InChI is InChI=1S/C12H21F2N/c1-10(2,3)15-6-4-11(5-7-15)8-12(13,14)9-11/h4-9H2,1-3H3. The van der Waals surface area contributed by atoms with Crippen molar-refractivity contribution < 1.29 is 8.78 Å². The Bertz CT molecular complexity index is 237. The van der Waals surface area contributed by atoms with E-state index >= 15 is 0 Å². The molecule has 1 saturated heterocycles. The van der Waals surface area contributed by atoms with Gasteiger partial charge < -0.3 is 0 Å². The maximum atomic E-state index is 12.9. The first kappa shape index (κ1) is 11.3. The highest BCUT2D eigenvalue weighted by atomic mass is 19.3. The predicted molar refractivity (Wildman–Crippen MR) is 57.2 cm³/mol. The van der Waals surface area contributed by atoms with Gasteiger partial charge in [-0.2, -0.15) is 0 Å². The second kappa shape index (κ2) is 3.16. The number of halogens is 2. The van der Waals surface area contributed by atoms with Crippen molar-refractivity contribution >= 4 is 0 Å². The number of piperidine rings is 1. The molecule has 0 radical (unpaired) electrons. The lowest BCUT2D eigenvalue weighted by atomic mass is 9.60. The summed E-state index contributed by atoms with van der Waals surface area (Å²) in [4.78, 5) is 2.41. The lowest BCUT2D eigenvalue weighted by molar-refractivity contribution is -0.181. The van der Waals surface area contributed by atoms with Crippen LogP contribution in [0, 0.1) is 5.41 Å². The van der Waals surface area contributed by atoms with E-state index in [1.54, 1.807) is 0 Å². The molecular formula is C12H21F2N. The molecule has 0 unspecified atom stereocenters. The van der Waals surface area contributed by atoms with Gasteiger partial charge in [0, 0.05) is 18.4 Å². The zero-order valence-corrected chi connectivity index (χ0v) is 9.95. The molecule has 1 heterocycles. The molecule has 2 fully saturated rings. The molecule has 0 aromatic rings. The fraction of sp³-hybridized carbons (Fsp3) is 1.00. The summed E-state index contributed by atoms with van der Waals surface area (Å²) in [6.07, 6.45) is 2.19. The van der Waals surface area contributed by atoms with Crippen LogP contribution in [0.2, 0.25) is 0 Å². The summed E-state index contributed by atoms with van der Waals surface area (Å²) in [5.74, 6) is -2.36. The van der Waals surface area contributed by atoms with Gasteiger partial charge in [0.05, 0.1) is 0 Å². The van der Waals surface area contributed by atoms with Gasteiger partial charge in [0.2, 0.25) is 5.92 Å². The highest BCUT2D eigenvalue weighted by Gasteiger charge is 2.56. The average molecular weight is 217 g/mol. The van der Waals surface area contributed by atoms with Crippen LogP contribution in [0.15, 0.2) is 0 Å². The molecule has 0 aromatic carbocycles. The SMILES string of the molecule is CC(C)(C)N1CCC2(CC1)CC(F)(F)C2. The Morgan fingerprint density at radius 2 is 1.47 bits per heavy atom. The van der Waals surface area contributed by atoms with E-state index in [0.29, 0.717) is 0 Å².